The molecule has 0 saturated carbocycles. The fraction of sp³-hybridized carbons (Fsp3) is 0.286. The first-order chi connectivity index (χ1) is 13.5. The number of hydrogen-bond acceptors (Lipinski definition) is 4. The third-order valence-corrected chi connectivity index (χ3v) is 5.65. The third kappa shape index (κ3) is 4.75. The molecule has 0 aliphatic carbocycles. The molecule has 0 saturated heterocycles. The number of carbonyl (C=O) groups excluding carboxylic acids is 1. The summed E-state index contributed by atoms with van der Waals surface area (Å²) in [5, 5.41) is 12.7. The maximum atomic E-state index is 12.3. The highest BCUT2D eigenvalue weighted by atomic mass is 35.5. The summed E-state index contributed by atoms with van der Waals surface area (Å²) in [5.41, 5.74) is 2.92. The molecule has 0 radical (unpaired) electrons. The Morgan fingerprint density at radius 3 is 2.50 bits per heavy atom. The highest BCUT2D eigenvalue weighted by Crippen LogP contribution is 2.26. The zero-order chi connectivity index (χ0) is 20.1. The number of benzene rings is 2. The Bertz CT molecular complexity index is 953. The largest absolute Gasteiger partial charge is 0.324 e. The number of thioether (sulfide) groups is 1. The molecule has 28 heavy (non-hydrogen) atoms. The number of rotatable bonds is 7. The quantitative estimate of drug-likeness (QED) is 0.520. The Labute approximate surface area is 174 Å². The molecule has 1 aromatic heterocycles. The minimum absolute atomic E-state index is 0.133. The zero-order valence-electron chi connectivity index (χ0n) is 16.1. The van der Waals surface area contributed by atoms with Crippen molar-refractivity contribution in [1.29, 1.82) is 0 Å². The van der Waals surface area contributed by atoms with Gasteiger partial charge in [-0.15, -0.1) is 10.2 Å². The van der Waals surface area contributed by atoms with E-state index in [1.807, 2.05) is 23.6 Å². The predicted octanol–water partition coefficient (Wildman–Crippen LogP) is 5.47. The van der Waals surface area contributed by atoms with Crippen LogP contribution in [0.4, 0.5) is 5.69 Å². The topological polar surface area (TPSA) is 59.8 Å². The summed E-state index contributed by atoms with van der Waals surface area (Å²) in [6.45, 7) is 7.11. The second kappa shape index (κ2) is 9.26. The van der Waals surface area contributed by atoms with Gasteiger partial charge in [0.15, 0.2) is 11.0 Å². The van der Waals surface area contributed by atoms with Crippen LogP contribution in [0.1, 0.15) is 32.3 Å². The Morgan fingerprint density at radius 2 is 1.86 bits per heavy atom. The number of nitrogens with zero attached hydrogens (tertiary/aromatic N) is 3. The molecule has 0 aliphatic rings. The van der Waals surface area contributed by atoms with Gasteiger partial charge in [0.1, 0.15) is 0 Å². The number of amides is 1. The van der Waals surface area contributed by atoms with Gasteiger partial charge in [-0.25, -0.2) is 0 Å². The number of aromatic nitrogens is 3. The van der Waals surface area contributed by atoms with Gasteiger partial charge in [-0.05, 0) is 30.5 Å². The fourth-order valence-electron chi connectivity index (χ4n) is 2.79. The molecule has 2 aromatic carbocycles. The number of halogens is 1. The van der Waals surface area contributed by atoms with Crippen LogP contribution in [0, 0.1) is 0 Å². The summed E-state index contributed by atoms with van der Waals surface area (Å²) >= 11 is 7.45. The molecule has 1 heterocycles. The molecule has 0 atom stereocenters. The standard InChI is InChI=1S/C21H23ClN4OS/c1-4-26-20(16-11-9-15(10-12-16)14(2)3)24-25-21(26)28-13-19(27)23-18-8-6-5-7-17(18)22/h5-12,14H,4,13H2,1-3H3,(H,23,27). The number of anilines is 1. The van der Waals surface area contributed by atoms with Gasteiger partial charge < -0.3 is 9.88 Å². The van der Waals surface area contributed by atoms with Crippen molar-refractivity contribution < 1.29 is 4.79 Å². The van der Waals surface area contributed by atoms with Gasteiger partial charge in [0.05, 0.1) is 16.5 Å². The molecule has 3 rings (SSSR count). The molecule has 7 heteroatoms. The minimum Gasteiger partial charge on any atom is -0.324 e. The molecule has 0 bridgehead atoms. The van der Waals surface area contributed by atoms with E-state index in [1.54, 1.807) is 12.1 Å². The zero-order valence-corrected chi connectivity index (χ0v) is 17.7. The summed E-state index contributed by atoms with van der Waals surface area (Å²) in [4.78, 5) is 12.3. The van der Waals surface area contributed by atoms with E-state index in [1.165, 1.54) is 17.3 Å². The van der Waals surface area contributed by atoms with Crippen molar-refractivity contribution in [2.75, 3.05) is 11.1 Å². The average Bonchev–Trinajstić information content (AvgIpc) is 3.11. The summed E-state index contributed by atoms with van der Waals surface area (Å²) in [5.74, 6) is 1.40. The molecular weight excluding hydrogens is 392 g/mol. The Kier molecular flexibility index (Phi) is 6.75. The van der Waals surface area contributed by atoms with Crippen LogP contribution < -0.4 is 5.32 Å². The lowest BCUT2D eigenvalue weighted by atomic mass is 10.0. The van der Waals surface area contributed by atoms with Crippen LogP contribution in [0.5, 0.6) is 0 Å². The van der Waals surface area contributed by atoms with Crippen molar-refractivity contribution in [3.05, 3.63) is 59.1 Å². The molecule has 3 aromatic rings. The SMILES string of the molecule is CCn1c(SCC(=O)Nc2ccccc2Cl)nnc1-c1ccc(C(C)C)cc1. The van der Waals surface area contributed by atoms with Crippen LogP contribution in [0.25, 0.3) is 11.4 Å². The number of para-hydroxylation sites is 1. The van der Waals surface area contributed by atoms with Crippen molar-refractivity contribution >= 4 is 35.0 Å². The van der Waals surface area contributed by atoms with Crippen molar-refractivity contribution in [3.63, 3.8) is 0 Å². The Morgan fingerprint density at radius 1 is 1.14 bits per heavy atom. The molecule has 146 valence electrons. The first-order valence-corrected chi connectivity index (χ1v) is 10.6. The van der Waals surface area contributed by atoms with Gasteiger partial charge in [-0.1, -0.05) is 73.6 Å². The van der Waals surface area contributed by atoms with E-state index in [4.69, 9.17) is 11.6 Å². The Hall–Kier alpha value is -2.31. The maximum Gasteiger partial charge on any atom is 0.234 e. The molecule has 1 amide bonds. The summed E-state index contributed by atoms with van der Waals surface area (Å²) < 4.78 is 2.03. The monoisotopic (exact) mass is 414 g/mol. The van der Waals surface area contributed by atoms with Crippen molar-refractivity contribution in [1.82, 2.24) is 14.8 Å². The Balaban J connectivity index is 1.70. The minimum atomic E-state index is -0.133. The van der Waals surface area contributed by atoms with Gasteiger partial charge in [-0.3, -0.25) is 4.79 Å². The van der Waals surface area contributed by atoms with E-state index in [9.17, 15) is 4.79 Å². The van der Waals surface area contributed by atoms with E-state index in [0.717, 1.165) is 23.1 Å². The maximum absolute atomic E-state index is 12.3. The van der Waals surface area contributed by atoms with E-state index in [-0.39, 0.29) is 11.7 Å². The second-order valence-electron chi connectivity index (χ2n) is 6.64. The first-order valence-electron chi connectivity index (χ1n) is 9.20. The lowest BCUT2D eigenvalue weighted by Gasteiger charge is -2.10. The molecule has 0 fully saturated rings. The van der Waals surface area contributed by atoms with Crippen LogP contribution in [0.3, 0.4) is 0 Å². The van der Waals surface area contributed by atoms with Crippen LogP contribution in [0.2, 0.25) is 5.02 Å². The van der Waals surface area contributed by atoms with Crippen LogP contribution in [-0.4, -0.2) is 26.4 Å². The molecule has 1 N–H and O–H groups in total. The lowest BCUT2D eigenvalue weighted by Crippen LogP contribution is -2.15. The van der Waals surface area contributed by atoms with Crippen LogP contribution in [0.15, 0.2) is 53.7 Å². The van der Waals surface area contributed by atoms with Gasteiger partial charge >= 0.3 is 0 Å². The van der Waals surface area contributed by atoms with E-state index in [2.05, 4.69) is 53.6 Å². The first kappa shape index (κ1) is 20.4. The fourth-order valence-corrected chi connectivity index (χ4v) is 3.78. The van der Waals surface area contributed by atoms with E-state index in [0.29, 0.717) is 16.6 Å². The number of hydrogen-bond donors (Lipinski definition) is 1. The van der Waals surface area contributed by atoms with Gasteiger partial charge in [0, 0.05) is 12.1 Å². The summed E-state index contributed by atoms with van der Waals surface area (Å²) in [7, 11) is 0. The highest BCUT2D eigenvalue weighted by Gasteiger charge is 2.15. The third-order valence-electron chi connectivity index (χ3n) is 4.35. The van der Waals surface area contributed by atoms with Gasteiger partial charge in [-0.2, -0.15) is 0 Å². The molecule has 0 aliphatic heterocycles. The van der Waals surface area contributed by atoms with Gasteiger partial charge in [0.2, 0.25) is 5.91 Å². The number of nitrogens with one attached hydrogen (secondary N) is 1. The van der Waals surface area contributed by atoms with Crippen LogP contribution in [-0.2, 0) is 11.3 Å². The predicted molar refractivity (Wildman–Crippen MR) is 116 cm³/mol. The van der Waals surface area contributed by atoms with Crippen molar-refractivity contribution in [3.8, 4) is 11.4 Å². The molecule has 0 unspecified atom stereocenters. The van der Waals surface area contributed by atoms with E-state index < -0.39 is 0 Å². The van der Waals surface area contributed by atoms with E-state index >= 15 is 0 Å². The second-order valence-corrected chi connectivity index (χ2v) is 7.99. The highest BCUT2D eigenvalue weighted by molar-refractivity contribution is 7.99. The average molecular weight is 415 g/mol. The molecule has 0 spiro atoms. The van der Waals surface area contributed by atoms with Crippen LogP contribution >= 0.6 is 23.4 Å². The molecular formula is C21H23ClN4OS. The summed E-state index contributed by atoms with van der Waals surface area (Å²) in [6.07, 6.45) is 0. The molecule has 5 nitrogen and oxygen atoms in total. The van der Waals surface area contributed by atoms with Crippen molar-refractivity contribution in [2.45, 2.75) is 38.4 Å². The smallest absolute Gasteiger partial charge is 0.234 e. The number of carbonyl (C=O) groups is 1. The van der Waals surface area contributed by atoms with Gasteiger partial charge in [0.25, 0.3) is 0 Å². The van der Waals surface area contributed by atoms with Crippen molar-refractivity contribution in [2.24, 2.45) is 0 Å². The lowest BCUT2D eigenvalue weighted by molar-refractivity contribution is -0.113. The summed E-state index contributed by atoms with van der Waals surface area (Å²) in [6, 6.07) is 15.6. The normalized spacial score (nSPS) is 11.0.